The molecular weight excluding hydrogens is 266 g/mol. The maximum Gasteiger partial charge on any atom is 0.315 e. The molecule has 3 amide bonds. The Morgan fingerprint density at radius 1 is 1.10 bits per heavy atom. The van der Waals surface area contributed by atoms with Crippen LogP contribution in [0, 0.1) is 0 Å². The zero-order chi connectivity index (χ0) is 15.8. The first-order valence-corrected chi connectivity index (χ1v) is 7.40. The summed E-state index contributed by atoms with van der Waals surface area (Å²) < 4.78 is 0. The Balaban J connectivity index is 2.58. The lowest BCUT2D eigenvalue weighted by molar-refractivity contribution is 0.0773. The van der Waals surface area contributed by atoms with Crippen molar-refractivity contribution < 1.29 is 9.59 Å². The molecule has 2 N–H and O–H groups in total. The van der Waals surface area contributed by atoms with Crippen molar-refractivity contribution in [1.82, 2.24) is 15.5 Å². The van der Waals surface area contributed by atoms with Crippen LogP contribution in [0.15, 0.2) is 24.3 Å². The van der Waals surface area contributed by atoms with Crippen LogP contribution in [0.4, 0.5) is 4.79 Å². The van der Waals surface area contributed by atoms with E-state index in [2.05, 4.69) is 10.6 Å². The van der Waals surface area contributed by atoms with Crippen molar-refractivity contribution >= 4 is 11.9 Å². The molecule has 1 rings (SSSR count). The highest BCUT2D eigenvalue weighted by atomic mass is 16.2. The number of nitrogens with zero attached hydrogens (tertiary/aromatic N) is 1. The van der Waals surface area contributed by atoms with Crippen LogP contribution in [-0.2, 0) is 6.54 Å². The van der Waals surface area contributed by atoms with E-state index in [1.165, 1.54) is 0 Å². The molecule has 0 bridgehead atoms. The molecule has 1 aromatic carbocycles. The average molecular weight is 291 g/mol. The summed E-state index contributed by atoms with van der Waals surface area (Å²) in [6.07, 6.45) is 0. The first-order valence-electron chi connectivity index (χ1n) is 7.40. The van der Waals surface area contributed by atoms with Gasteiger partial charge in [0.2, 0.25) is 0 Å². The Kier molecular flexibility index (Phi) is 6.72. The van der Waals surface area contributed by atoms with E-state index in [1.54, 1.807) is 17.0 Å². The molecule has 21 heavy (non-hydrogen) atoms. The minimum atomic E-state index is -0.187. The van der Waals surface area contributed by atoms with E-state index in [9.17, 15) is 9.59 Å². The highest BCUT2D eigenvalue weighted by molar-refractivity contribution is 5.94. The van der Waals surface area contributed by atoms with Gasteiger partial charge in [-0.3, -0.25) is 4.79 Å². The topological polar surface area (TPSA) is 61.4 Å². The number of carbonyl (C=O) groups excluding carboxylic acids is 2. The first kappa shape index (κ1) is 17.0. The van der Waals surface area contributed by atoms with Gasteiger partial charge in [0, 0.05) is 31.2 Å². The lowest BCUT2D eigenvalue weighted by atomic mass is 10.1. The minimum absolute atomic E-state index is 0.0389. The molecule has 0 heterocycles. The SMILES string of the molecule is CCN(CC)C(=O)c1ccc(CNC(=O)NC(C)C)cc1. The third kappa shape index (κ3) is 5.45. The number of benzene rings is 1. The summed E-state index contributed by atoms with van der Waals surface area (Å²) in [4.78, 5) is 25.4. The number of amides is 3. The van der Waals surface area contributed by atoms with Crippen LogP contribution >= 0.6 is 0 Å². The highest BCUT2D eigenvalue weighted by Gasteiger charge is 2.11. The molecule has 0 aliphatic heterocycles. The second-order valence-corrected chi connectivity index (χ2v) is 5.16. The van der Waals surface area contributed by atoms with Crippen molar-refractivity contribution in [3.63, 3.8) is 0 Å². The van der Waals surface area contributed by atoms with Crippen LogP contribution in [0.2, 0.25) is 0 Å². The second-order valence-electron chi connectivity index (χ2n) is 5.16. The number of rotatable bonds is 6. The number of carbonyl (C=O) groups is 2. The van der Waals surface area contributed by atoms with Gasteiger partial charge in [0.25, 0.3) is 5.91 Å². The maximum absolute atomic E-state index is 12.2. The molecule has 0 saturated carbocycles. The summed E-state index contributed by atoms with van der Waals surface area (Å²) in [5.41, 5.74) is 1.64. The molecule has 0 atom stereocenters. The third-order valence-corrected chi connectivity index (χ3v) is 3.12. The van der Waals surface area contributed by atoms with Crippen molar-refractivity contribution in [2.24, 2.45) is 0 Å². The zero-order valence-corrected chi connectivity index (χ0v) is 13.3. The molecular formula is C16H25N3O2. The Labute approximate surface area is 126 Å². The smallest absolute Gasteiger partial charge is 0.315 e. The highest BCUT2D eigenvalue weighted by Crippen LogP contribution is 2.08. The van der Waals surface area contributed by atoms with Crippen LogP contribution < -0.4 is 10.6 Å². The van der Waals surface area contributed by atoms with Crippen LogP contribution in [0.25, 0.3) is 0 Å². The van der Waals surface area contributed by atoms with E-state index in [4.69, 9.17) is 0 Å². The fourth-order valence-electron chi connectivity index (χ4n) is 1.95. The molecule has 116 valence electrons. The molecule has 0 unspecified atom stereocenters. The van der Waals surface area contributed by atoms with Gasteiger partial charge in [0.15, 0.2) is 0 Å². The van der Waals surface area contributed by atoms with Crippen LogP contribution in [0.5, 0.6) is 0 Å². The Morgan fingerprint density at radius 3 is 2.14 bits per heavy atom. The van der Waals surface area contributed by atoms with E-state index in [-0.39, 0.29) is 18.0 Å². The summed E-state index contributed by atoms with van der Waals surface area (Å²) >= 11 is 0. The summed E-state index contributed by atoms with van der Waals surface area (Å²) in [5, 5.41) is 5.54. The molecule has 0 saturated heterocycles. The Bertz CT molecular complexity index is 465. The van der Waals surface area contributed by atoms with Gasteiger partial charge in [-0.15, -0.1) is 0 Å². The van der Waals surface area contributed by atoms with Crippen molar-refractivity contribution in [3.05, 3.63) is 35.4 Å². The molecule has 0 radical (unpaired) electrons. The molecule has 0 fully saturated rings. The lowest BCUT2D eigenvalue weighted by Gasteiger charge is -2.18. The maximum atomic E-state index is 12.2. The normalized spacial score (nSPS) is 10.3. The van der Waals surface area contributed by atoms with Gasteiger partial charge < -0.3 is 15.5 Å². The molecule has 0 aromatic heterocycles. The van der Waals surface area contributed by atoms with Gasteiger partial charge in [-0.1, -0.05) is 12.1 Å². The van der Waals surface area contributed by atoms with Gasteiger partial charge in [-0.25, -0.2) is 4.79 Å². The Morgan fingerprint density at radius 2 is 1.67 bits per heavy atom. The molecule has 0 aliphatic rings. The van der Waals surface area contributed by atoms with Gasteiger partial charge in [0.05, 0.1) is 0 Å². The zero-order valence-electron chi connectivity index (χ0n) is 13.3. The van der Waals surface area contributed by atoms with Gasteiger partial charge in [0.1, 0.15) is 0 Å². The first-order chi connectivity index (χ1) is 9.97. The standard InChI is InChI=1S/C16H25N3O2/c1-5-19(6-2)15(20)14-9-7-13(8-10-14)11-17-16(21)18-12(3)4/h7-10,12H,5-6,11H2,1-4H3,(H2,17,18,21). The molecule has 5 heteroatoms. The minimum Gasteiger partial charge on any atom is -0.339 e. The molecule has 5 nitrogen and oxygen atoms in total. The number of hydrogen-bond donors (Lipinski definition) is 2. The predicted molar refractivity (Wildman–Crippen MR) is 84.2 cm³/mol. The van der Waals surface area contributed by atoms with Crippen molar-refractivity contribution in [2.45, 2.75) is 40.3 Å². The van der Waals surface area contributed by atoms with Gasteiger partial charge in [-0.05, 0) is 45.4 Å². The summed E-state index contributed by atoms with van der Waals surface area (Å²) in [5.74, 6) is 0.0389. The van der Waals surface area contributed by atoms with Gasteiger partial charge in [-0.2, -0.15) is 0 Å². The predicted octanol–water partition coefficient (Wildman–Crippen LogP) is 2.38. The Hall–Kier alpha value is -2.04. The fraction of sp³-hybridized carbons (Fsp3) is 0.500. The summed E-state index contributed by atoms with van der Waals surface area (Å²) in [6, 6.07) is 7.27. The van der Waals surface area contributed by atoms with Crippen molar-refractivity contribution in [2.75, 3.05) is 13.1 Å². The van der Waals surface area contributed by atoms with E-state index in [1.807, 2.05) is 39.8 Å². The number of urea groups is 1. The largest absolute Gasteiger partial charge is 0.339 e. The summed E-state index contributed by atoms with van der Waals surface area (Å²) in [6.45, 7) is 9.60. The van der Waals surface area contributed by atoms with E-state index in [0.29, 0.717) is 25.2 Å². The fourth-order valence-corrected chi connectivity index (χ4v) is 1.95. The van der Waals surface area contributed by atoms with E-state index < -0.39 is 0 Å². The van der Waals surface area contributed by atoms with Crippen LogP contribution in [0.3, 0.4) is 0 Å². The summed E-state index contributed by atoms with van der Waals surface area (Å²) in [7, 11) is 0. The van der Waals surface area contributed by atoms with E-state index >= 15 is 0 Å². The van der Waals surface area contributed by atoms with E-state index in [0.717, 1.165) is 5.56 Å². The average Bonchev–Trinajstić information content (AvgIpc) is 2.46. The van der Waals surface area contributed by atoms with Crippen LogP contribution in [0.1, 0.15) is 43.6 Å². The van der Waals surface area contributed by atoms with Crippen LogP contribution in [-0.4, -0.2) is 36.0 Å². The second kappa shape index (κ2) is 8.29. The quantitative estimate of drug-likeness (QED) is 0.845. The number of hydrogen-bond acceptors (Lipinski definition) is 2. The number of nitrogens with one attached hydrogen (secondary N) is 2. The van der Waals surface area contributed by atoms with Crippen molar-refractivity contribution in [1.29, 1.82) is 0 Å². The lowest BCUT2D eigenvalue weighted by Crippen LogP contribution is -2.39. The van der Waals surface area contributed by atoms with Crippen molar-refractivity contribution in [3.8, 4) is 0 Å². The molecule has 1 aromatic rings. The molecule has 0 spiro atoms. The van der Waals surface area contributed by atoms with Gasteiger partial charge >= 0.3 is 6.03 Å². The third-order valence-electron chi connectivity index (χ3n) is 3.12. The molecule has 0 aliphatic carbocycles. The monoisotopic (exact) mass is 291 g/mol.